The topological polar surface area (TPSA) is 113 Å². The highest BCUT2D eigenvalue weighted by molar-refractivity contribution is 7.89. The Morgan fingerprint density at radius 1 is 1.16 bits per heavy atom. The van der Waals surface area contributed by atoms with E-state index in [1.807, 2.05) is 6.92 Å². The third-order valence-electron chi connectivity index (χ3n) is 7.48. The van der Waals surface area contributed by atoms with E-state index in [4.69, 9.17) is 4.42 Å². The summed E-state index contributed by atoms with van der Waals surface area (Å²) in [5, 5.41) is 5.83. The fourth-order valence-corrected chi connectivity index (χ4v) is 7.91. The fraction of sp³-hybridized carbons (Fsp3) is 0.226. The van der Waals surface area contributed by atoms with E-state index in [0.717, 1.165) is 42.0 Å². The monoisotopic (exact) mass is 618 g/mol. The molecule has 0 spiro atoms. The average molecular weight is 619 g/mol. The van der Waals surface area contributed by atoms with Crippen LogP contribution >= 0.6 is 11.3 Å². The lowest BCUT2D eigenvalue weighted by Crippen LogP contribution is -2.43. The number of aromatic nitrogens is 1. The molecule has 220 valence electrons. The summed E-state index contributed by atoms with van der Waals surface area (Å²) >= 11 is 1.05. The fourth-order valence-electron chi connectivity index (χ4n) is 5.19. The third kappa shape index (κ3) is 5.61. The Morgan fingerprint density at radius 2 is 1.95 bits per heavy atom. The highest BCUT2D eigenvalue weighted by Gasteiger charge is 2.32. The Morgan fingerprint density at radius 3 is 2.74 bits per heavy atom. The van der Waals surface area contributed by atoms with Gasteiger partial charge < -0.3 is 4.42 Å². The number of hydrazone groups is 1. The zero-order valence-electron chi connectivity index (χ0n) is 23.1. The maximum atomic E-state index is 13.9. The van der Waals surface area contributed by atoms with Gasteiger partial charge in [-0.15, -0.1) is 0 Å². The van der Waals surface area contributed by atoms with Gasteiger partial charge in [-0.1, -0.05) is 36.8 Å². The lowest BCUT2D eigenvalue weighted by Gasteiger charge is -2.34. The molecular formula is C31H27FN4O5S2. The van der Waals surface area contributed by atoms with Crippen molar-refractivity contribution in [1.82, 2.24) is 9.29 Å². The molecule has 1 aliphatic heterocycles. The minimum absolute atomic E-state index is 0.0542. The Bertz CT molecular complexity index is 2020. The average Bonchev–Trinajstić information content (AvgIpc) is 3.45. The van der Waals surface area contributed by atoms with E-state index in [9.17, 15) is 22.4 Å². The van der Waals surface area contributed by atoms with Crippen LogP contribution in [0.2, 0.25) is 0 Å². The van der Waals surface area contributed by atoms with Crippen LogP contribution in [0.4, 0.5) is 9.52 Å². The lowest BCUT2D eigenvalue weighted by molar-refractivity contribution is 0.0987. The van der Waals surface area contributed by atoms with Gasteiger partial charge in [0.05, 0.1) is 32.3 Å². The van der Waals surface area contributed by atoms with E-state index < -0.39 is 21.7 Å². The summed E-state index contributed by atoms with van der Waals surface area (Å²) in [6.45, 7) is 2.44. The second kappa shape index (κ2) is 11.8. The molecule has 0 aliphatic carbocycles. The first-order valence-corrected chi connectivity index (χ1v) is 16.1. The van der Waals surface area contributed by atoms with Crippen molar-refractivity contribution >= 4 is 59.8 Å². The Kier molecular flexibility index (Phi) is 7.91. The summed E-state index contributed by atoms with van der Waals surface area (Å²) in [6.07, 6.45) is 5.82. The van der Waals surface area contributed by atoms with Crippen LogP contribution in [0.15, 0.2) is 92.2 Å². The standard InChI is InChI=1S/C31H27FN4O5S2/c1-2-23-7-5-6-16-35(23)43(39,40)24-13-10-20(11-14-24)30(38)36(31-34-26-15-12-22(32)17-28(26)42-31)33-18-21-19-41-27-9-4-3-8-25(27)29(21)37/h3-4,8-15,17-19,23H,2,5-7,16H2,1H3/b33-18+. The van der Waals surface area contributed by atoms with Gasteiger partial charge in [0.25, 0.3) is 5.91 Å². The van der Waals surface area contributed by atoms with Gasteiger partial charge in [-0.25, -0.2) is 17.8 Å². The van der Waals surface area contributed by atoms with Gasteiger partial charge in [0.1, 0.15) is 17.7 Å². The lowest BCUT2D eigenvalue weighted by atomic mass is 10.0. The predicted molar refractivity (Wildman–Crippen MR) is 165 cm³/mol. The molecule has 6 rings (SSSR count). The number of carbonyl (C=O) groups is 1. The molecule has 0 saturated carbocycles. The van der Waals surface area contributed by atoms with Crippen molar-refractivity contribution in [2.45, 2.75) is 43.5 Å². The molecule has 0 bridgehead atoms. The van der Waals surface area contributed by atoms with Crippen LogP contribution in [-0.2, 0) is 10.0 Å². The van der Waals surface area contributed by atoms with Crippen LogP contribution in [0.5, 0.6) is 0 Å². The summed E-state index contributed by atoms with van der Waals surface area (Å²) in [6, 6.07) is 16.5. The number of halogens is 1. The number of sulfonamides is 1. The summed E-state index contributed by atoms with van der Waals surface area (Å²) in [7, 11) is -3.74. The third-order valence-corrected chi connectivity index (χ3v) is 10.4. The SMILES string of the molecule is CCC1CCCCN1S(=O)(=O)c1ccc(C(=O)N(/N=C/c2coc3ccccc3c2=O)c2nc3ccc(F)cc3s2)cc1. The Hall–Kier alpha value is -4.26. The molecule has 5 aromatic rings. The predicted octanol–water partition coefficient (Wildman–Crippen LogP) is 6.18. The smallest absolute Gasteiger partial charge is 0.280 e. The van der Waals surface area contributed by atoms with Crippen molar-refractivity contribution < 1.29 is 22.0 Å². The largest absolute Gasteiger partial charge is 0.463 e. The van der Waals surface area contributed by atoms with Gasteiger partial charge >= 0.3 is 0 Å². The number of fused-ring (bicyclic) bond motifs is 2. The molecule has 0 N–H and O–H groups in total. The van der Waals surface area contributed by atoms with Crippen LogP contribution in [0, 0.1) is 5.82 Å². The second-order valence-electron chi connectivity index (χ2n) is 10.2. The number of para-hydroxylation sites is 1. The van der Waals surface area contributed by atoms with Gasteiger partial charge in [0.15, 0.2) is 0 Å². The Balaban J connectivity index is 1.36. The van der Waals surface area contributed by atoms with Crippen molar-refractivity contribution in [3.8, 4) is 0 Å². The summed E-state index contributed by atoms with van der Waals surface area (Å²) in [5.74, 6) is -1.07. The minimum Gasteiger partial charge on any atom is -0.463 e. The van der Waals surface area contributed by atoms with Crippen LogP contribution in [0.25, 0.3) is 21.2 Å². The molecule has 1 unspecified atom stereocenters. The minimum atomic E-state index is -3.74. The zero-order chi connectivity index (χ0) is 30.1. The number of rotatable bonds is 7. The van der Waals surface area contributed by atoms with Gasteiger partial charge in [-0.05, 0) is 73.9 Å². The van der Waals surface area contributed by atoms with Gasteiger partial charge in [-0.2, -0.15) is 14.4 Å². The molecule has 0 radical (unpaired) electrons. The number of thiazole rings is 1. The first kappa shape index (κ1) is 28.8. The maximum absolute atomic E-state index is 13.9. The molecule has 9 nitrogen and oxygen atoms in total. The first-order valence-electron chi connectivity index (χ1n) is 13.8. The number of anilines is 1. The van der Waals surface area contributed by atoms with Crippen molar-refractivity contribution in [1.29, 1.82) is 0 Å². The van der Waals surface area contributed by atoms with E-state index in [1.165, 1.54) is 54.9 Å². The molecule has 3 aromatic carbocycles. The van der Waals surface area contributed by atoms with Gasteiger partial charge in [-0.3, -0.25) is 9.59 Å². The molecule has 12 heteroatoms. The van der Waals surface area contributed by atoms with E-state index in [-0.39, 0.29) is 32.6 Å². The quantitative estimate of drug-likeness (QED) is 0.159. The number of hydrogen-bond donors (Lipinski definition) is 0. The Labute approximate surface area is 250 Å². The molecule has 2 aromatic heterocycles. The summed E-state index contributed by atoms with van der Waals surface area (Å²) in [5.41, 5.74) is 0.806. The number of amides is 1. The highest BCUT2D eigenvalue weighted by Crippen LogP contribution is 2.31. The first-order chi connectivity index (χ1) is 20.8. The maximum Gasteiger partial charge on any atom is 0.280 e. The van der Waals surface area contributed by atoms with E-state index in [2.05, 4.69) is 10.1 Å². The number of piperidine rings is 1. The number of benzene rings is 3. The molecule has 1 aliphatic rings. The normalized spacial score (nSPS) is 16.3. The summed E-state index contributed by atoms with van der Waals surface area (Å²) in [4.78, 5) is 31.4. The molecule has 3 heterocycles. The highest BCUT2D eigenvalue weighted by atomic mass is 32.2. The van der Waals surface area contributed by atoms with E-state index in [1.54, 1.807) is 28.6 Å². The van der Waals surface area contributed by atoms with Gasteiger partial charge in [0.2, 0.25) is 20.6 Å². The summed E-state index contributed by atoms with van der Waals surface area (Å²) < 4.78 is 48.4. The van der Waals surface area contributed by atoms with Gasteiger partial charge in [0, 0.05) is 18.2 Å². The van der Waals surface area contributed by atoms with Crippen molar-refractivity contribution in [3.05, 3.63) is 100 Å². The van der Waals surface area contributed by atoms with Crippen molar-refractivity contribution in [2.75, 3.05) is 11.6 Å². The van der Waals surface area contributed by atoms with E-state index >= 15 is 0 Å². The molecular weight excluding hydrogens is 591 g/mol. The second-order valence-corrected chi connectivity index (χ2v) is 13.1. The van der Waals surface area contributed by atoms with Crippen molar-refractivity contribution in [2.24, 2.45) is 5.10 Å². The molecule has 1 amide bonds. The van der Waals surface area contributed by atoms with Crippen LogP contribution in [-0.4, -0.2) is 42.4 Å². The number of carbonyl (C=O) groups excluding carboxylic acids is 1. The zero-order valence-corrected chi connectivity index (χ0v) is 24.8. The van der Waals surface area contributed by atoms with Crippen LogP contribution < -0.4 is 10.4 Å². The van der Waals surface area contributed by atoms with E-state index in [0.29, 0.717) is 27.7 Å². The molecule has 1 saturated heterocycles. The number of hydrogen-bond acceptors (Lipinski definition) is 8. The number of nitrogens with zero attached hydrogens (tertiary/aromatic N) is 4. The van der Waals surface area contributed by atoms with Crippen LogP contribution in [0.3, 0.4) is 0 Å². The molecule has 43 heavy (non-hydrogen) atoms. The molecule has 1 fully saturated rings. The van der Waals surface area contributed by atoms with Crippen LogP contribution in [0.1, 0.15) is 48.5 Å². The molecule has 1 atom stereocenters. The van der Waals surface area contributed by atoms with Crippen molar-refractivity contribution in [3.63, 3.8) is 0 Å².